The van der Waals surface area contributed by atoms with Crippen LogP contribution < -0.4 is 24.5 Å². The van der Waals surface area contributed by atoms with Gasteiger partial charge in [0.15, 0.2) is 4.80 Å². The van der Waals surface area contributed by atoms with Crippen molar-refractivity contribution in [1.82, 2.24) is 4.57 Å². The van der Waals surface area contributed by atoms with Crippen LogP contribution >= 0.6 is 11.3 Å². The summed E-state index contributed by atoms with van der Waals surface area (Å²) in [6.07, 6.45) is 6.67. The molecule has 1 unspecified atom stereocenters. The van der Waals surface area contributed by atoms with E-state index in [1.165, 1.54) is 16.9 Å². The van der Waals surface area contributed by atoms with E-state index in [0.29, 0.717) is 33.7 Å². The molecule has 0 aliphatic carbocycles. The second kappa shape index (κ2) is 13.8. The van der Waals surface area contributed by atoms with Gasteiger partial charge in [-0.1, -0.05) is 74.3 Å². The van der Waals surface area contributed by atoms with Crippen molar-refractivity contribution < 1.29 is 28.3 Å². The van der Waals surface area contributed by atoms with Gasteiger partial charge in [-0.2, -0.15) is 0 Å². The molecule has 0 radical (unpaired) electrons. The Hall–Kier alpha value is -5.03. The average Bonchev–Trinajstić information content (AvgIpc) is 3.78. The highest BCUT2D eigenvalue weighted by Gasteiger charge is 2.37. The number of amides is 1. The van der Waals surface area contributed by atoms with E-state index in [1.807, 2.05) is 24.3 Å². The summed E-state index contributed by atoms with van der Waals surface area (Å²) in [5, 5.41) is 0. The Morgan fingerprint density at radius 2 is 1.70 bits per heavy atom. The van der Waals surface area contributed by atoms with Gasteiger partial charge in [0.05, 0.1) is 41.4 Å². The number of rotatable bonds is 11. The lowest BCUT2D eigenvalue weighted by atomic mass is 9.96. The molecule has 10 nitrogen and oxygen atoms in total. The summed E-state index contributed by atoms with van der Waals surface area (Å²) in [6.45, 7) is 6.28. The zero-order valence-corrected chi connectivity index (χ0v) is 27.3. The van der Waals surface area contributed by atoms with Gasteiger partial charge in [-0.15, -0.1) is 0 Å². The number of anilines is 1. The maximum atomic E-state index is 14.4. The molecule has 1 amide bonds. The van der Waals surface area contributed by atoms with Crippen LogP contribution in [0.3, 0.4) is 0 Å². The molecule has 0 fully saturated rings. The number of carbonyl (C=O) groups is 3. The summed E-state index contributed by atoms with van der Waals surface area (Å²) in [5.74, 6) is -1.15. The molecule has 6 rings (SSSR count). The van der Waals surface area contributed by atoms with Crippen LogP contribution in [0.15, 0.2) is 92.4 Å². The Morgan fingerprint density at radius 3 is 2.43 bits per heavy atom. The summed E-state index contributed by atoms with van der Waals surface area (Å²) >= 11 is 1.14. The highest BCUT2D eigenvalue weighted by atomic mass is 32.1. The zero-order chi connectivity index (χ0) is 33.1. The van der Waals surface area contributed by atoms with Crippen LogP contribution in [0.4, 0.5) is 5.69 Å². The molecule has 2 aliphatic rings. The number of furan rings is 1. The van der Waals surface area contributed by atoms with Crippen molar-refractivity contribution in [2.75, 3.05) is 18.1 Å². The Kier molecular flexibility index (Phi) is 9.35. The number of allylic oxidation sites excluding steroid dienone is 1. The number of nitrogens with zero attached hydrogens (tertiary/aromatic N) is 3. The van der Waals surface area contributed by atoms with E-state index in [-0.39, 0.29) is 34.1 Å². The lowest BCUT2D eigenvalue weighted by Gasteiger charge is -2.24. The van der Waals surface area contributed by atoms with Gasteiger partial charge in [0.25, 0.3) is 11.5 Å². The van der Waals surface area contributed by atoms with Crippen LogP contribution in [0.5, 0.6) is 5.75 Å². The largest absolute Gasteiger partial charge is 0.463 e. The molecule has 4 heterocycles. The highest BCUT2D eigenvalue weighted by molar-refractivity contribution is 7.07. The predicted molar refractivity (Wildman–Crippen MR) is 177 cm³/mol. The smallest absolute Gasteiger partial charge is 0.379 e. The first-order valence-electron chi connectivity index (χ1n) is 15.8. The summed E-state index contributed by atoms with van der Waals surface area (Å²) in [4.78, 5) is 61.0. The van der Waals surface area contributed by atoms with Gasteiger partial charge in [0.1, 0.15) is 10.3 Å². The third-order valence-electron chi connectivity index (χ3n) is 8.26. The van der Waals surface area contributed by atoms with E-state index in [2.05, 4.69) is 11.9 Å². The fourth-order valence-corrected chi connectivity index (χ4v) is 7.16. The molecule has 0 bridgehead atoms. The number of unbranched alkanes of at least 4 members (excludes halogenated alkanes) is 4. The van der Waals surface area contributed by atoms with Crippen molar-refractivity contribution >= 4 is 40.4 Å². The molecule has 1 atom stereocenters. The minimum Gasteiger partial charge on any atom is -0.463 e. The number of hydrogen-bond acceptors (Lipinski definition) is 9. The minimum atomic E-state index is -0.893. The number of aromatic nitrogens is 1. The second-order valence-corrected chi connectivity index (χ2v) is 12.3. The maximum Gasteiger partial charge on any atom is 0.379 e. The number of fused-ring (bicyclic) bond motifs is 2. The first-order valence-corrected chi connectivity index (χ1v) is 16.6. The van der Waals surface area contributed by atoms with E-state index in [4.69, 9.17) is 13.9 Å². The van der Waals surface area contributed by atoms with Gasteiger partial charge < -0.3 is 18.8 Å². The number of thiazole rings is 1. The first kappa shape index (κ1) is 31.9. The fraction of sp³-hybridized carbons (Fsp3) is 0.306. The Morgan fingerprint density at radius 1 is 0.936 bits per heavy atom. The average molecular weight is 654 g/mol. The molecule has 242 valence electrons. The topological polar surface area (TPSA) is 120 Å². The van der Waals surface area contributed by atoms with Crippen LogP contribution in [0.1, 0.15) is 80.6 Å². The Labute approximate surface area is 275 Å². The van der Waals surface area contributed by atoms with Crippen molar-refractivity contribution in [2.45, 2.75) is 58.9 Å². The van der Waals surface area contributed by atoms with Crippen molar-refractivity contribution in [1.29, 1.82) is 0 Å². The van der Waals surface area contributed by atoms with Crippen LogP contribution in [0, 0.1) is 0 Å². The molecule has 0 spiro atoms. The van der Waals surface area contributed by atoms with Gasteiger partial charge >= 0.3 is 11.9 Å². The van der Waals surface area contributed by atoms with E-state index in [1.54, 1.807) is 49.1 Å². The first-order chi connectivity index (χ1) is 22.8. The number of hydrogen-bond donors (Lipinski definition) is 0. The third-order valence-corrected chi connectivity index (χ3v) is 9.31. The molecule has 4 aromatic rings. The van der Waals surface area contributed by atoms with Gasteiger partial charge in [-0.3, -0.25) is 14.2 Å². The lowest BCUT2D eigenvalue weighted by molar-refractivity contribution is -0.139. The Bertz CT molecular complexity index is 2040. The minimum absolute atomic E-state index is 0.0590. The van der Waals surface area contributed by atoms with E-state index in [9.17, 15) is 19.2 Å². The fourth-order valence-electron chi connectivity index (χ4n) is 6.02. The highest BCUT2D eigenvalue weighted by Crippen LogP contribution is 2.36. The molecular formula is C36H35N3O7S. The van der Waals surface area contributed by atoms with Crippen LogP contribution in [-0.4, -0.2) is 35.6 Å². The summed E-state index contributed by atoms with van der Waals surface area (Å²) in [7, 11) is 0. The number of benzene rings is 2. The Balaban J connectivity index is 1.43. The normalized spacial score (nSPS) is 16.5. The molecule has 0 N–H and O–H groups in total. The molecule has 11 heteroatoms. The molecule has 2 aromatic heterocycles. The third kappa shape index (κ3) is 6.10. The zero-order valence-electron chi connectivity index (χ0n) is 26.5. The molecule has 0 saturated carbocycles. The predicted octanol–water partition coefficient (Wildman–Crippen LogP) is 5.30. The molecule has 2 aliphatic heterocycles. The molecule has 47 heavy (non-hydrogen) atoms. The second-order valence-electron chi connectivity index (χ2n) is 11.3. The number of para-hydroxylation sites is 1. The van der Waals surface area contributed by atoms with E-state index >= 15 is 0 Å². The standard InChI is InChI=1S/C36H35N3O7S/c1-4-6-7-8-11-20-38-26-14-10-9-13-25(26)29(32(38)40)31-33(41)39-30(28(35(43)44-5-2)22(3)37-36(39)47-31)23-16-18-24(19-17-23)46-34(42)27-15-12-21-45-27/h9-10,12-19,21,30H,4-8,11,20H2,1-3H3. The number of esters is 2. The van der Waals surface area contributed by atoms with Gasteiger partial charge in [-0.25, -0.2) is 14.6 Å². The van der Waals surface area contributed by atoms with Gasteiger partial charge in [0.2, 0.25) is 5.76 Å². The molecule has 2 aromatic carbocycles. The van der Waals surface area contributed by atoms with Crippen LogP contribution in [-0.2, 0) is 14.3 Å². The van der Waals surface area contributed by atoms with E-state index < -0.39 is 23.5 Å². The number of carbonyl (C=O) groups excluding carboxylic acids is 3. The lowest BCUT2D eigenvalue weighted by Crippen LogP contribution is -2.41. The van der Waals surface area contributed by atoms with Crippen molar-refractivity contribution in [3.05, 3.63) is 115 Å². The van der Waals surface area contributed by atoms with Gasteiger partial charge in [0, 0.05) is 12.1 Å². The number of ether oxygens (including phenoxy) is 2. The molecular weight excluding hydrogens is 618 g/mol. The molecule has 0 saturated heterocycles. The summed E-state index contributed by atoms with van der Waals surface area (Å²) in [6, 6.07) is 16.3. The maximum absolute atomic E-state index is 14.4. The SMILES string of the molecule is CCCCCCCN1C(=O)C(=c2sc3n(c2=O)C(c2ccc(OC(=O)c4ccco4)cc2)C(C(=O)OCC)=C(C)N=3)c2ccccc21. The summed E-state index contributed by atoms with van der Waals surface area (Å²) < 4.78 is 17.7. The summed E-state index contributed by atoms with van der Waals surface area (Å²) in [5.41, 5.74) is 2.60. The van der Waals surface area contributed by atoms with Crippen LogP contribution in [0.2, 0.25) is 0 Å². The monoisotopic (exact) mass is 653 g/mol. The van der Waals surface area contributed by atoms with Gasteiger partial charge in [-0.05, 0) is 56.2 Å². The van der Waals surface area contributed by atoms with Crippen LogP contribution in [0.25, 0.3) is 5.57 Å². The van der Waals surface area contributed by atoms with Crippen molar-refractivity contribution in [2.24, 2.45) is 4.99 Å². The van der Waals surface area contributed by atoms with Crippen molar-refractivity contribution in [3.8, 4) is 5.75 Å². The van der Waals surface area contributed by atoms with Crippen molar-refractivity contribution in [3.63, 3.8) is 0 Å². The quantitative estimate of drug-likeness (QED) is 0.122. The van der Waals surface area contributed by atoms with E-state index in [0.717, 1.165) is 49.1 Å².